The van der Waals surface area contributed by atoms with Gasteiger partial charge < -0.3 is 0 Å². The molecule has 3 heteroatoms. The van der Waals surface area contributed by atoms with Gasteiger partial charge in [-0.1, -0.05) is 69.8 Å². The van der Waals surface area contributed by atoms with Crippen LogP contribution >= 0.6 is 0 Å². The predicted octanol–water partition coefficient (Wildman–Crippen LogP) is 5.84. The third-order valence-corrected chi connectivity index (χ3v) is 4.75. The summed E-state index contributed by atoms with van der Waals surface area (Å²) in [5.41, 5.74) is 0. The average molecular weight is 329 g/mol. The van der Waals surface area contributed by atoms with Gasteiger partial charge >= 0.3 is 0 Å². The first-order valence-electron chi connectivity index (χ1n) is 9.04. The lowest BCUT2D eigenvalue weighted by molar-refractivity contribution is 0.585. The summed E-state index contributed by atoms with van der Waals surface area (Å²) < 4.78 is 21.9. The Balaban J connectivity index is 3.24. The van der Waals surface area contributed by atoms with Crippen LogP contribution in [0.5, 0.6) is 0 Å². The quantitative estimate of drug-likeness (QED) is 0.279. The number of unbranched alkanes of at least 4 members (excludes halogenated alkanes) is 9. The molecule has 0 aliphatic heterocycles. The molecule has 0 saturated heterocycles. The van der Waals surface area contributed by atoms with Gasteiger partial charge in [0.1, 0.15) is 9.84 Å². The summed E-state index contributed by atoms with van der Waals surface area (Å²) in [4.78, 5) is 0. The van der Waals surface area contributed by atoms with Gasteiger partial charge in [0.2, 0.25) is 0 Å². The fourth-order valence-corrected chi connectivity index (χ4v) is 3.08. The van der Waals surface area contributed by atoms with Crippen molar-refractivity contribution in [3.05, 3.63) is 24.3 Å². The summed E-state index contributed by atoms with van der Waals surface area (Å²) in [6.45, 7) is 2.24. The van der Waals surface area contributed by atoms with Gasteiger partial charge in [0.25, 0.3) is 0 Å². The molecule has 22 heavy (non-hydrogen) atoms. The number of sulfone groups is 1. The molecule has 0 aromatic rings. The molecule has 0 aliphatic carbocycles. The summed E-state index contributed by atoms with van der Waals surface area (Å²) >= 11 is 0. The number of allylic oxidation sites excluding steroid dienone is 4. The topological polar surface area (TPSA) is 34.1 Å². The lowest BCUT2D eigenvalue weighted by atomic mass is 10.1. The third kappa shape index (κ3) is 19.4. The molecule has 0 aromatic carbocycles. The van der Waals surface area contributed by atoms with Crippen LogP contribution in [0.25, 0.3) is 0 Å². The second-order valence-corrected chi connectivity index (χ2v) is 8.47. The van der Waals surface area contributed by atoms with Gasteiger partial charge in [0, 0.05) is 12.0 Å². The van der Waals surface area contributed by atoms with Crippen molar-refractivity contribution in [3.63, 3.8) is 0 Å². The maximum Gasteiger partial charge on any atom is 0.147 e. The van der Waals surface area contributed by atoms with Crippen molar-refractivity contribution in [2.75, 3.05) is 12.0 Å². The number of hydrogen-bond acceptors (Lipinski definition) is 2. The van der Waals surface area contributed by atoms with Crippen LogP contribution in [0.3, 0.4) is 0 Å². The minimum absolute atomic E-state index is 0.349. The van der Waals surface area contributed by atoms with Crippen molar-refractivity contribution in [3.8, 4) is 0 Å². The van der Waals surface area contributed by atoms with Crippen molar-refractivity contribution < 1.29 is 8.42 Å². The van der Waals surface area contributed by atoms with Crippen molar-refractivity contribution >= 4 is 9.84 Å². The van der Waals surface area contributed by atoms with Gasteiger partial charge in [-0.3, -0.25) is 0 Å². The Morgan fingerprint density at radius 2 is 1.18 bits per heavy atom. The second-order valence-electron chi connectivity index (χ2n) is 6.21. The van der Waals surface area contributed by atoms with Crippen LogP contribution in [0.2, 0.25) is 0 Å². The standard InChI is InChI=1S/C19H36O2S/c1-3-4-5-6-7-8-9-10-11-12-13-14-15-16-17-18-19-22(2,20)21/h7-8,10-11H,3-6,9,12-19H2,1-2H3. The lowest BCUT2D eigenvalue weighted by Crippen LogP contribution is -2.02. The third-order valence-electron chi connectivity index (χ3n) is 3.72. The van der Waals surface area contributed by atoms with E-state index in [0.717, 1.165) is 19.3 Å². The largest absolute Gasteiger partial charge is 0.229 e. The zero-order chi connectivity index (χ0) is 16.5. The van der Waals surface area contributed by atoms with Crippen molar-refractivity contribution in [1.29, 1.82) is 0 Å². The van der Waals surface area contributed by atoms with Crippen LogP contribution in [-0.4, -0.2) is 20.4 Å². The number of hydrogen-bond donors (Lipinski definition) is 0. The van der Waals surface area contributed by atoms with E-state index in [-0.39, 0.29) is 0 Å². The highest BCUT2D eigenvalue weighted by Crippen LogP contribution is 2.08. The molecule has 0 bridgehead atoms. The summed E-state index contributed by atoms with van der Waals surface area (Å²) in [5, 5.41) is 0. The van der Waals surface area contributed by atoms with Gasteiger partial charge in [-0.25, -0.2) is 8.42 Å². The SMILES string of the molecule is CCCCCC=CCC=CCCCCCCCCS(C)(=O)=O. The van der Waals surface area contributed by atoms with Crippen molar-refractivity contribution in [1.82, 2.24) is 0 Å². The average Bonchev–Trinajstić information content (AvgIpc) is 2.45. The van der Waals surface area contributed by atoms with E-state index in [4.69, 9.17) is 0 Å². The maximum absolute atomic E-state index is 11.0. The van der Waals surface area contributed by atoms with E-state index < -0.39 is 9.84 Å². The Kier molecular flexibility index (Phi) is 14.9. The molecule has 0 amide bonds. The Morgan fingerprint density at radius 3 is 1.73 bits per heavy atom. The molecule has 0 rings (SSSR count). The van der Waals surface area contributed by atoms with Gasteiger partial charge in [-0.2, -0.15) is 0 Å². The minimum Gasteiger partial charge on any atom is -0.229 e. The summed E-state index contributed by atoms with van der Waals surface area (Å²) in [7, 11) is -2.76. The smallest absolute Gasteiger partial charge is 0.147 e. The highest BCUT2D eigenvalue weighted by Gasteiger charge is 2.00. The Morgan fingerprint density at radius 1 is 0.682 bits per heavy atom. The fourth-order valence-electron chi connectivity index (χ4n) is 2.35. The van der Waals surface area contributed by atoms with E-state index in [1.54, 1.807) is 0 Å². The van der Waals surface area contributed by atoms with Gasteiger partial charge in [0.05, 0.1) is 0 Å². The van der Waals surface area contributed by atoms with E-state index >= 15 is 0 Å². The molecule has 0 radical (unpaired) electrons. The van der Waals surface area contributed by atoms with E-state index in [0.29, 0.717) is 5.75 Å². The molecule has 0 N–H and O–H groups in total. The molecule has 0 saturated carbocycles. The maximum atomic E-state index is 11.0. The van der Waals surface area contributed by atoms with E-state index in [2.05, 4.69) is 31.2 Å². The molecule has 0 aromatic heterocycles. The van der Waals surface area contributed by atoms with E-state index in [1.165, 1.54) is 64.0 Å². The summed E-state index contributed by atoms with van der Waals surface area (Å²) in [5.74, 6) is 0.349. The highest BCUT2D eigenvalue weighted by atomic mass is 32.2. The molecular formula is C19H36O2S. The number of rotatable bonds is 15. The normalized spacial score (nSPS) is 12.6. The first-order valence-corrected chi connectivity index (χ1v) is 11.1. The molecule has 0 aliphatic rings. The molecule has 0 heterocycles. The van der Waals surface area contributed by atoms with Gasteiger partial charge in [0.15, 0.2) is 0 Å². The Hall–Kier alpha value is -0.570. The molecule has 0 spiro atoms. The van der Waals surface area contributed by atoms with Gasteiger partial charge in [-0.05, 0) is 38.5 Å². The van der Waals surface area contributed by atoms with Crippen molar-refractivity contribution in [2.24, 2.45) is 0 Å². The van der Waals surface area contributed by atoms with Crippen LogP contribution in [0.1, 0.15) is 84.0 Å². The molecule has 2 nitrogen and oxygen atoms in total. The van der Waals surface area contributed by atoms with Crippen LogP contribution in [0.15, 0.2) is 24.3 Å². The summed E-state index contributed by atoms with van der Waals surface area (Å²) in [6.07, 6.45) is 24.7. The monoisotopic (exact) mass is 328 g/mol. The van der Waals surface area contributed by atoms with Crippen LogP contribution in [0.4, 0.5) is 0 Å². The second kappa shape index (κ2) is 15.3. The van der Waals surface area contributed by atoms with Crippen LogP contribution in [-0.2, 0) is 9.84 Å². The zero-order valence-corrected chi connectivity index (χ0v) is 15.5. The molecule has 0 atom stereocenters. The first-order chi connectivity index (χ1) is 10.6. The molecular weight excluding hydrogens is 292 g/mol. The summed E-state index contributed by atoms with van der Waals surface area (Å²) in [6, 6.07) is 0. The molecule has 0 unspecified atom stereocenters. The van der Waals surface area contributed by atoms with Gasteiger partial charge in [-0.15, -0.1) is 0 Å². The molecule has 130 valence electrons. The van der Waals surface area contributed by atoms with Crippen LogP contribution < -0.4 is 0 Å². The zero-order valence-electron chi connectivity index (χ0n) is 14.7. The Labute approximate surface area is 139 Å². The van der Waals surface area contributed by atoms with Crippen molar-refractivity contribution in [2.45, 2.75) is 84.0 Å². The predicted molar refractivity (Wildman–Crippen MR) is 99.1 cm³/mol. The first kappa shape index (κ1) is 21.4. The highest BCUT2D eigenvalue weighted by molar-refractivity contribution is 7.90. The Bertz CT molecular complexity index is 380. The fraction of sp³-hybridized carbons (Fsp3) is 0.789. The minimum atomic E-state index is -2.76. The molecule has 0 fully saturated rings. The van der Waals surface area contributed by atoms with E-state index in [1.807, 2.05) is 0 Å². The van der Waals surface area contributed by atoms with Crippen LogP contribution in [0, 0.1) is 0 Å². The lowest BCUT2D eigenvalue weighted by Gasteiger charge is -2.00. The van der Waals surface area contributed by atoms with E-state index in [9.17, 15) is 8.42 Å².